The van der Waals surface area contributed by atoms with Crippen molar-refractivity contribution >= 4 is 29.1 Å². The monoisotopic (exact) mass is 441 g/mol. The molecule has 0 N–H and O–H groups in total. The number of ether oxygens (including phenoxy) is 1. The molecule has 0 bridgehead atoms. The van der Waals surface area contributed by atoms with Crippen LogP contribution in [0.25, 0.3) is 0 Å². The topological polar surface area (TPSA) is 38.7 Å². The molecule has 3 nitrogen and oxygen atoms in total. The molecule has 0 saturated heterocycles. The van der Waals surface area contributed by atoms with Crippen molar-refractivity contribution in [3.8, 4) is 0 Å². The van der Waals surface area contributed by atoms with E-state index in [4.69, 9.17) is 9.73 Å². The summed E-state index contributed by atoms with van der Waals surface area (Å²) in [6.45, 7) is 1.91. The minimum Gasteiger partial charge on any atom is -0.454 e. The third kappa shape index (κ3) is 4.37. The summed E-state index contributed by atoms with van der Waals surface area (Å²) < 4.78 is 5.76. The lowest BCUT2D eigenvalue weighted by molar-refractivity contribution is 0.0338. The Bertz CT molecular complexity index is 1150. The van der Waals surface area contributed by atoms with Gasteiger partial charge in [0, 0.05) is 21.3 Å². The maximum atomic E-state index is 12.9. The van der Waals surface area contributed by atoms with Crippen molar-refractivity contribution in [2.24, 2.45) is 10.9 Å². The standard InChI is InChI=1S/C28H27NO2S/c1-19(20-10-4-2-5-11-20)31-28(30)22-16-17-26-24(18-22)29-27(21-12-6-3-7-13-21)23-14-8-9-15-25(23)32-26/h2,4-5,8-11,14-19,21H,3,6-7,12-13H2,1H3. The molecule has 0 aromatic heterocycles. The summed E-state index contributed by atoms with van der Waals surface area (Å²) in [4.78, 5) is 20.4. The Morgan fingerprint density at radius 2 is 1.69 bits per heavy atom. The van der Waals surface area contributed by atoms with Gasteiger partial charge in [0.1, 0.15) is 6.10 Å². The van der Waals surface area contributed by atoms with E-state index in [-0.39, 0.29) is 12.1 Å². The number of carbonyl (C=O) groups is 1. The molecule has 5 rings (SSSR count). The molecule has 0 spiro atoms. The first kappa shape index (κ1) is 21.0. The average molecular weight is 442 g/mol. The Kier molecular flexibility index (Phi) is 6.13. The molecular weight excluding hydrogens is 414 g/mol. The molecule has 2 aliphatic rings. The Morgan fingerprint density at radius 3 is 2.50 bits per heavy atom. The van der Waals surface area contributed by atoms with E-state index in [1.807, 2.05) is 55.5 Å². The second kappa shape index (κ2) is 9.33. The number of hydrogen-bond acceptors (Lipinski definition) is 4. The molecule has 0 radical (unpaired) electrons. The molecule has 1 aliphatic carbocycles. The molecule has 1 aliphatic heterocycles. The second-order valence-electron chi connectivity index (χ2n) is 8.57. The van der Waals surface area contributed by atoms with Crippen molar-refractivity contribution in [3.63, 3.8) is 0 Å². The number of rotatable bonds is 4. The maximum absolute atomic E-state index is 12.9. The zero-order valence-corrected chi connectivity index (χ0v) is 19.1. The first-order valence-electron chi connectivity index (χ1n) is 11.4. The molecule has 1 heterocycles. The summed E-state index contributed by atoms with van der Waals surface area (Å²) in [5.41, 5.74) is 4.81. The predicted octanol–water partition coefficient (Wildman–Crippen LogP) is 7.77. The highest BCUT2D eigenvalue weighted by Gasteiger charge is 2.26. The second-order valence-corrected chi connectivity index (χ2v) is 9.65. The van der Waals surface area contributed by atoms with Gasteiger partial charge in [-0.15, -0.1) is 0 Å². The third-order valence-corrected chi connectivity index (χ3v) is 7.50. The molecule has 3 aromatic carbocycles. The molecule has 3 aromatic rings. The van der Waals surface area contributed by atoms with E-state index in [1.54, 1.807) is 11.8 Å². The van der Waals surface area contributed by atoms with Crippen molar-refractivity contribution in [2.45, 2.75) is 54.9 Å². The quantitative estimate of drug-likeness (QED) is 0.388. The predicted molar refractivity (Wildman–Crippen MR) is 130 cm³/mol. The fourth-order valence-corrected chi connectivity index (χ4v) is 5.61. The van der Waals surface area contributed by atoms with Crippen molar-refractivity contribution in [2.75, 3.05) is 0 Å². The minimum atomic E-state index is -0.315. The summed E-state index contributed by atoms with van der Waals surface area (Å²) in [6, 6.07) is 24.1. The number of benzene rings is 3. The van der Waals surface area contributed by atoms with Crippen LogP contribution in [0.15, 0.2) is 87.6 Å². The highest BCUT2D eigenvalue weighted by atomic mass is 32.2. The summed E-state index contributed by atoms with van der Waals surface area (Å²) in [6.07, 6.45) is 5.90. The summed E-state index contributed by atoms with van der Waals surface area (Å²) >= 11 is 1.74. The van der Waals surface area contributed by atoms with Crippen molar-refractivity contribution in [1.82, 2.24) is 0 Å². The molecule has 1 fully saturated rings. The third-order valence-electron chi connectivity index (χ3n) is 6.36. The van der Waals surface area contributed by atoms with Gasteiger partial charge in [-0.3, -0.25) is 4.99 Å². The summed E-state index contributed by atoms with van der Waals surface area (Å²) in [7, 11) is 0. The maximum Gasteiger partial charge on any atom is 0.338 e. The van der Waals surface area contributed by atoms with Crippen LogP contribution in [0.3, 0.4) is 0 Å². The van der Waals surface area contributed by atoms with E-state index < -0.39 is 0 Å². The van der Waals surface area contributed by atoms with Gasteiger partial charge in [0.05, 0.1) is 17.0 Å². The Morgan fingerprint density at radius 1 is 0.938 bits per heavy atom. The van der Waals surface area contributed by atoms with Crippen molar-refractivity contribution < 1.29 is 9.53 Å². The number of fused-ring (bicyclic) bond motifs is 2. The van der Waals surface area contributed by atoms with Gasteiger partial charge in [0.25, 0.3) is 0 Å². The van der Waals surface area contributed by atoms with Crippen LogP contribution in [0.4, 0.5) is 5.69 Å². The Hall–Kier alpha value is -2.85. The van der Waals surface area contributed by atoms with Crippen LogP contribution in [0.2, 0.25) is 0 Å². The fourth-order valence-electron chi connectivity index (χ4n) is 4.60. The molecule has 32 heavy (non-hydrogen) atoms. The number of hydrogen-bond donors (Lipinski definition) is 0. The zero-order chi connectivity index (χ0) is 21.9. The molecule has 1 saturated carbocycles. The molecule has 0 amide bonds. The Labute approximate surface area is 193 Å². The van der Waals surface area contributed by atoms with Gasteiger partial charge in [0.15, 0.2) is 0 Å². The Balaban J connectivity index is 1.47. The average Bonchev–Trinajstić information content (AvgIpc) is 3.01. The van der Waals surface area contributed by atoms with Crippen LogP contribution in [0.1, 0.15) is 66.6 Å². The van der Waals surface area contributed by atoms with Crippen LogP contribution >= 0.6 is 11.8 Å². The van der Waals surface area contributed by atoms with Crippen molar-refractivity contribution in [3.05, 3.63) is 89.5 Å². The van der Waals surface area contributed by atoms with E-state index >= 15 is 0 Å². The lowest BCUT2D eigenvalue weighted by atomic mass is 9.83. The number of carbonyl (C=O) groups excluding carboxylic acids is 1. The molecule has 1 unspecified atom stereocenters. The summed E-state index contributed by atoms with van der Waals surface area (Å²) in [5, 5.41) is 0. The van der Waals surface area contributed by atoms with Gasteiger partial charge in [-0.2, -0.15) is 0 Å². The SMILES string of the molecule is CC(OC(=O)c1ccc2c(c1)N=C(C1CCCCC1)c1ccccc1S2)c1ccccc1. The van der Waals surface area contributed by atoms with E-state index in [9.17, 15) is 4.79 Å². The highest BCUT2D eigenvalue weighted by molar-refractivity contribution is 7.99. The van der Waals surface area contributed by atoms with Crippen LogP contribution in [-0.2, 0) is 4.74 Å². The molecule has 1 atom stereocenters. The first-order chi connectivity index (χ1) is 15.7. The first-order valence-corrected chi connectivity index (χ1v) is 12.3. The van der Waals surface area contributed by atoms with E-state index in [0.29, 0.717) is 11.5 Å². The van der Waals surface area contributed by atoms with Crippen molar-refractivity contribution in [1.29, 1.82) is 0 Å². The molecule has 4 heteroatoms. The van der Waals surface area contributed by atoms with E-state index in [1.165, 1.54) is 48.3 Å². The van der Waals surface area contributed by atoms with Gasteiger partial charge >= 0.3 is 5.97 Å². The molecular formula is C28H27NO2S. The van der Waals surface area contributed by atoms with Crippen LogP contribution in [0.5, 0.6) is 0 Å². The number of aliphatic imine (C=N–C) groups is 1. The van der Waals surface area contributed by atoms with Crippen LogP contribution in [-0.4, -0.2) is 11.7 Å². The van der Waals surface area contributed by atoms with Gasteiger partial charge in [-0.05, 0) is 49.6 Å². The smallest absolute Gasteiger partial charge is 0.338 e. The van der Waals surface area contributed by atoms with E-state index in [2.05, 4.69) is 24.3 Å². The normalized spacial score (nSPS) is 16.8. The van der Waals surface area contributed by atoms with Gasteiger partial charge in [-0.25, -0.2) is 4.79 Å². The number of esters is 1. The van der Waals surface area contributed by atoms with Crippen LogP contribution in [0, 0.1) is 5.92 Å². The van der Waals surface area contributed by atoms with E-state index in [0.717, 1.165) is 16.1 Å². The van der Waals surface area contributed by atoms with Gasteiger partial charge in [-0.1, -0.05) is 79.6 Å². The number of nitrogens with zero attached hydrogens (tertiary/aromatic N) is 1. The molecule has 162 valence electrons. The lowest BCUT2D eigenvalue weighted by Crippen LogP contribution is -2.19. The van der Waals surface area contributed by atoms with Crippen LogP contribution < -0.4 is 0 Å². The largest absolute Gasteiger partial charge is 0.454 e. The zero-order valence-electron chi connectivity index (χ0n) is 18.3. The summed E-state index contributed by atoms with van der Waals surface area (Å²) in [5.74, 6) is 0.162. The fraction of sp³-hybridized carbons (Fsp3) is 0.286. The minimum absolute atomic E-state index is 0.303. The van der Waals surface area contributed by atoms with Gasteiger partial charge in [0.2, 0.25) is 0 Å². The van der Waals surface area contributed by atoms with Gasteiger partial charge < -0.3 is 4.74 Å². The lowest BCUT2D eigenvalue weighted by Gasteiger charge is -2.24. The highest BCUT2D eigenvalue weighted by Crippen LogP contribution is 2.43.